The molecule has 0 radical (unpaired) electrons. The number of carbonyl (C=O) groups is 1. The normalized spacial score (nSPS) is 11.7. The second-order valence-electron chi connectivity index (χ2n) is 6.59. The Labute approximate surface area is 166 Å². The highest BCUT2D eigenvalue weighted by Gasteiger charge is 2.11. The molecule has 2 aromatic carbocycles. The summed E-state index contributed by atoms with van der Waals surface area (Å²) in [5, 5.41) is 15.4. The van der Waals surface area contributed by atoms with Crippen LogP contribution in [0.15, 0.2) is 42.5 Å². The van der Waals surface area contributed by atoms with E-state index in [9.17, 15) is 9.90 Å². The van der Waals surface area contributed by atoms with Gasteiger partial charge in [0, 0.05) is 18.3 Å². The van der Waals surface area contributed by atoms with Crippen molar-refractivity contribution in [2.45, 2.75) is 39.8 Å². The van der Waals surface area contributed by atoms with Crippen LogP contribution < -0.4 is 20.1 Å². The number of aliphatic hydroxyl groups excluding tert-OH is 1. The van der Waals surface area contributed by atoms with Gasteiger partial charge >= 0.3 is 0 Å². The molecule has 2 rings (SSSR count). The lowest BCUT2D eigenvalue weighted by Crippen LogP contribution is -2.31. The van der Waals surface area contributed by atoms with E-state index in [0.717, 1.165) is 23.2 Å². The number of ether oxygens (including phenoxy) is 2. The molecule has 0 saturated heterocycles. The first kappa shape index (κ1) is 21.7. The molecule has 1 amide bonds. The van der Waals surface area contributed by atoms with Crippen LogP contribution >= 0.6 is 0 Å². The zero-order valence-electron chi connectivity index (χ0n) is 16.8. The van der Waals surface area contributed by atoms with Gasteiger partial charge < -0.3 is 25.2 Å². The highest BCUT2D eigenvalue weighted by Crippen LogP contribution is 2.28. The molecule has 0 heterocycles. The molecule has 0 aromatic heterocycles. The molecule has 28 heavy (non-hydrogen) atoms. The van der Waals surface area contributed by atoms with Crippen molar-refractivity contribution in [3.8, 4) is 11.5 Å². The van der Waals surface area contributed by atoms with Gasteiger partial charge in [-0.3, -0.25) is 4.79 Å². The van der Waals surface area contributed by atoms with Crippen molar-refractivity contribution in [1.82, 2.24) is 5.32 Å². The molecule has 6 nitrogen and oxygen atoms in total. The number of carbonyl (C=O) groups excluding carboxylic acids is 1. The first-order valence-corrected chi connectivity index (χ1v) is 9.65. The van der Waals surface area contributed by atoms with Crippen molar-refractivity contribution in [1.29, 1.82) is 0 Å². The maximum atomic E-state index is 12.1. The Morgan fingerprint density at radius 2 is 1.82 bits per heavy atom. The average molecular weight is 386 g/mol. The molecule has 6 heteroatoms. The molecular formula is C22H30N2O4. The van der Waals surface area contributed by atoms with E-state index >= 15 is 0 Å². The van der Waals surface area contributed by atoms with Crippen molar-refractivity contribution < 1.29 is 19.4 Å². The average Bonchev–Trinajstić information content (AvgIpc) is 2.70. The molecule has 0 fully saturated rings. The highest BCUT2D eigenvalue weighted by molar-refractivity contribution is 5.91. The Morgan fingerprint density at radius 3 is 2.46 bits per heavy atom. The van der Waals surface area contributed by atoms with Crippen molar-refractivity contribution >= 4 is 11.6 Å². The number of benzene rings is 2. The number of rotatable bonds is 11. The smallest absolute Gasteiger partial charge is 0.262 e. The summed E-state index contributed by atoms with van der Waals surface area (Å²) >= 11 is 0. The number of anilines is 1. The van der Waals surface area contributed by atoms with E-state index in [2.05, 4.69) is 10.6 Å². The lowest BCUT2D eigenvalue weighted by molar-refractivity contribution is -0.118. The molecule has 152 valence electrons. The van der Waals surface area contributed by atoms with Gasteiger partial charge in [-0.05, 0) is 50.1 Å². The van der Waals surface area contributed by atoms with Crippen molar-refractivity contribution in [3.63, 3.8) is 0 Å². The monoisotopic (exact) mass is 386 g/mol. The van der Waals surface area contributed by atoms with Gasteiger partial charge in [0.2, 0.25) is 0 Å². The van der Waals surface area contributed by atoms with E-state index < -0.39 is 0 Å². The largest absolute Gasteiger partial charge is 0.490 e. The van der Waals surface area contributed by atoms with Crippen LogP contribution in [0.1, 0.15) is 31.4 Å². The number of hydrogen-bond acceptors (Lipinski definition) is 5. The van der Waals surface area contributed by atoms with E-state index in [1.165, 1.54) is 0 Å². The summed E-state index contributed by atoms with van der Waals surface area (Å²) < 4.78 is 11.3. The van der Waals surface area contributed by atoms with Gasteiger partial charge in [0.1, 0.15) is 0 Å². The minimum absolute atomic E-state index is 0.0666. The number of aliphatic hydroxyl groups is 1. The number of hydrogen-bond donors (Lipinski definition) is 3. The molecular weight excluding hydrogens is 356 g/mol. The van der Waals surface area contributed by atoms with Crippen LogP contribution in [0.5, 0.6) is 11.5 Å². The molecule has 0 aliphatic heterocycles. The maximum absolute atomic E-state index is 12.1. The van der Waals surface area contributed by atoms with Gasteiger partial charge in [0.15, 0.2) is 18.1 Å². The fourth-order valence-corrected chi connectivity index (χ4v) is 2.63. The fraction of sp³-hybridized carbons (Fsp3) is 0.409. The summed E-state index contributed by atoms with van der Waals surface area (Å²) in [6.45, 7) is 7.04. The molecule has 0 aliphatic rings. The third-order valence-electron chi connectivity index (χ3n) is 4.31. The van der Waals surface area contributed by atoms with E-state index in [1.807, 2.05) is 57.2 Å². The van der Waals surface area contributed by atoms with Crippen molar-refractivity contribution in [3.05, 3.63) is 53.6 Å². The molecule has 3 N–H and O–H groups in total. The van der Waals surface area contributed by atoms with E-state index in [0.29, 0.717) is 24.7 Å². The van der Waals surface area contributed by atoms with Crippen molar-refractivity contribution in [2.24, 2.45) is 0 Å². The summed E-state index contributed by atoms with van der Waals surface area (Å²) in [4.78, 5) is 12.1. The second kappa shape index (κ2) is 11.3. The number of nitrogens with one attached hydrogen (secondary N) is 2. The summed E-state index contributed by atoms with van der Waals surface area (Å²) in [7, 11) is 0. The molecule has 0 saturated carbocycles. The lowest BCUT2D eigenvalue weighted by Gasteiger charge is -2.16. The Hall–Kier alpha value is -2.57. The van der Waals surface area contributed by atoms with Gasteiger partial charge in [-0.15, -0.1) is 0 Å². The first-order valence-electron chi connectivity index (χ1n) is 9.65. The third kappa shape index (κ3) is 6.87. The topological polar surface area (TPSA) is 79.8 Å². The maximum Gasteiger partial charge on any atom is 0.262 e. The standard InChI is InChI=1S/C22H30N2O4/c1-4-18(14-25)23-13-17-8-11-20(21(12-17)27-5-2)28-15-22(26)24-19-9-6-16(3)7-10-19/h6-12,18,23,25H,4-5,13-15H2,1-3H3,(H,24,26)/t18-/m0/s1. The SMILES string of the molecule is CCOc1cc(CN[C@@H](CC)CO)ccc1OCC(=O)Nc1ccc(C)cc1. The quantitative estimate of drug-likeness (QED) is 0.552. The zero-order valence-corrected chi connectivity index (χ0v) is 16.8. The molecule has 2 aromatic rings. The van der Waals surface area contributed by atoms with Crippen LogP contribution in [0.25, 0.3) is 0 Å². The summed E-state index contributed by atoms with van der Waals surface area (Å²) in [5.41, 5.74) is 2.89. The van der Waals surface area contributed by atoms with Gasteiger partial charge in [-0.1, -0.05) is 30.7 Å². The second-order valence-corrected chi connectivity index (χ2v) is 6.59. The Morgan fingerprint density at radius 1 is 1.07 bits per heavy atom. The van der Waals surface area contributed by atoms with Crippen LogP contribution in [-0.4, -0.2) is 36.9 Å². The molecule has 0 spiro atoms. The lowest BCUT2D eigenvalue weighted by atomic mass is 10.1. The summed E-state index contributed by atoms with van der Waals surface area (Å²) in [6.07, 6.45) is 0.853. The predicted octanol–water partition coefficient (Wildman–Crippen LogP) is 3.27. The van der Waals surface area contributed by atoms with Crippen LogP contribution in [-0.2, 0) is 11.3 Å². The van der Waals surface area contributed by atoms with E-state index in [-0.39, 0.29) is 25.2 Å². The van der Waals surface area contributed by atoms with Gasteiger partial charge in [-0.2, -0.15) is 0 Å². The van der Waals surface area contributed by atoms with Crippen LogP contribution in [0.4, 0.5) is 5.69 Å². The Bertz CT molecular complexity index is 743. The number of aryl methyl sites for hydroxylation is 1. The van der Waals surface area contributed by atoms with Gasteiger partial charge in [0.05, 0.1) is 13.2 Å². The minimum atomic E-state index is -0.231. The van der Waals surface area contributed by atoms with Crippen LogP contribution in [0.2, 0.25) is 0 Å². The first-order chi connectivity index (χ1) is 13.5. The molecule has 0 bridgehead atoms. The Balaban J connectivity index is 1.95. The van der Waals surface area contributed by atoms with Crippen molar-refractivity contribution in [2.75, 3.05) is 25.1 Å². The predicted molar refractivity (Wildman–Crippen MR) is 111 cm³/mol. The van der Waals surface area contributed by atoms with Gasteiger partial charge in [-0.25, -0.2) is 0 Å². The van der Waals surface area contributed by atoms with Crippen LogP contribution in [0.3, 0.4) is 0 Å². The number of amides is 1. The highest BCUT2D eigenvalue weighted by atomic mass is 16.5. The Kier molecular flexibility index (Phi) is 8.78. The van der Waals surface area contributed by atoms with E-state index in [4.69, 9.17) is 9.47 Å². The third-order valence-corrected chi connectivity index (χ3v) is 4.31. The van der Waals surface area contributed by atoms with Gasteiger partial charge in [0.25, 0.3) is 5.91 Å². The fourth-order valence-electron chi connectivity index (χ4n) is 2.63. The van der Waals surface area contributed by atoms with E-state index in [1.54, 1.807) is 6.07 Å². The molecule has 0 unspecified atom stereocenters. The zero-order chi connectivity index (χ0) is 20.4. The van der Waals surface area contributed by atoms with Crippen LogP contribution in [0, 0.1) is 6.92 Å². The summed E-state index contributed by atoms with van der Waals surface area (Å²) in [6, 6.07) is 13.3. The molecule has 1 atom stereocenters. The summed E-state index contributed by atoms with van der Waals surface area (Å²) in [5.74, 6) is 0.895. The molecule has 0 aliphatic carbocycles. The minimum Gasteiger partial charge on any atom is -0.490 e.